The van der Waals surface area contributed by atoms with Gasteiger partial charge in [0.1, 0.15) is 0 Å². The Balaban J connectivity index is 1.39. The Morgan fingerprint density at radius 1 is 1.14 bits per heavy atom. The minimum atomic E-state index is -3.44. The number of hydrogen-bond donors (Lipinski definition) is 1. The van der Waals surface area contributed by atoms with Gasteiger partial charge in [-0.3, -0.25) is 4.79 Å². The van der Waals surface area contributed by atoms with Crippen LogP contribution in [0, 0.1) is 0 Å². The van der Waals surface area contributed by atoms with E-state index in [0.717, 1.165) is 49.6 Å². The number of nitrogens with one attached hydrogen (secondary N) is 1. The van der Waals surface area contributed by atoms with Crippen LogP contribution in [0.4, 0.5) is 0 Å². The zero-order valence-corrected chi connectivity index (χ0v) is 17.5. The number of sulfonamides is 1. The van der Waals surface area contributed by atoms with E-state index in [0.29, 0.717) is 37.5 Å². The normalized spacial score (nSPS) is 20.9. The van der Waals surface area contributed by atoms with Crippen molar-refractivity contribution in [3.8, 4) is 0 Å². The topological polar surface area (TPSA) is 80.6 Å². The van der Waals surface area contributed by atoms with Crippen molar-refractivity contribution in [3.63, 3.8) is 0 Å². The predicted octanol–water partition coefficient (Wildman–Crippen LogP) is 2.50. The maximum absolute atomic E-state index is 12.9. The molecule has 1 amide bonds. The molecule has 1 aromatic carbocycles. The number of benzene rings is 1. The summed E-state index contributed by atoms with van der Waals surface area (Å²) in [6, 6.07) is 7.18. The van der Waals surface area contributed by atoms with Gasteiger partial charge >= 0.3 is 0 Å². The zero-order chi connectivity index (χ0) is 20.3. The molecule has 0 bridgehead atoms. The molecule has 4 rings (SSSR count). The number of ether oxygens (including phenoxy) is 1. The maximum Gasteiger partial charge on any atom is 0.243 e. The molecule has 1 aromatic heterocycles. The van der Waals surface area contributed by atoms with Crippen molar-refractivity contribution in [2.75, 3.05) is 26.2 Å². The van der Waals surface area contributed by atoms with Crippen molar-refractivity contribution in [1.82, 2.24) is 14.2 Å². The van der Waals surface area contributed by atoms with E-state index in [1.165, 1.54) is 0 Å². The van der Waals surface area contributed by atoms with Gasteiger partial charge in [0.2, 0.25) is 15.9 Å². The SMILES string of the molecule is O=C(CCn1ccc2cc(S(=O)(=O)N3CCCCC3)ccc21)NCC1CCCO1. The zero-order valence-electron chi connectivity index (χ0n) is 16.7. The van der Waals surface area contributed by atoms with Crippen LogP contribution in [-0.2, 0) is 26.1 Å². The molecule has 2 aromatic rings. The van der Waals surface area contributed by atoms with E-state index in [1.807, 2.05) is 22.9 Å². The number of carbonyl (C=O) groups excluding carboxylic acids is 1. The van der Waals surface area contributed by atoms with Crippen molar-refractivity contribution in [2.45, 2.75) is 56.1 Å². The molecule has 0 aliphatic carbocycles. The molecule has 1 unspecified atom stereocenters. The van der Waals surface area contributed by atoms with E-state index in [4.69, 9.17) is 4.74 Å². The highest BCUT2D eigenvalue weighted by Crippen LogP contribution is 2.25. The standard InChI is InChI=1S/C21H29N3O4S/c25-21(22-16-18-5-4-14-28-18)9-13-23-12-8-17-15-19(6-7-20(17)23)29(26,27)24-10-2-1-3-11-24/h6-8,12,15,18H,1-5,9-11,13-14,16H2,(H,22,25). The molecule has 2 saturated heterocycles. The third kappa shape index (κ3) is 4.65. The quantitative estimate of drug-likeness (QED) is 0.748. The third-order valence-electron chi connectivity index (χ3n) is 5.83. The molecule has 29 heavy (non-hydrogen) atoms. The summed E-state index contributed by atoms with van der Waals surface area (Å²) in [4.78, 5) is 12.5. The molecule has 2 fully saturated rings. The van der Waals surface area contributed by atoms with Crippen molar-refractivity contribution < 1.29 is 17.9 Å². The maximum atomic E-state index is 12.9. The van der Waals surface area contributed by atoms with E-state index in [2.05, 4.69) is 5.32 Å². The molecular formula is C21H29N3O4S. The van der Waals surface area contributed by atoms with Gasteiger partial charge in [-0.1, -0.05) is 6.42 Å². The predicted molar refractivity (Wildman–Crippen MR) is 111 cm³/mol. The summed E-state index contributed by atoms with van der Waals surface area (Å²) in [5.74, 6) is 0.00615. The second-order valence-electron chi connectivity index (χ2n) is 7.88. The largest absolute Gasteiger partial charge is 0.376 e. The first-order valence-corrected chi connectivity index (χ1v) is 12.0. The minimum absolute atomic E-state index is 0.00615. The van der Waals surface area contributed by atoms with Crippen molar-refractivity contribution in [1.29, 1.82) is 0 Å². The van der Waals surface area contributed by atoms with Crippen LogP contribution < -0.4 is 5.32 Å². The Morgan fingerprint density at radius 2 is 1.97 bits per heavy atom. The number of aryl methyl sites for hydroxylation is 1. The fraction of sp³-hybridized carbons (Fsp3) is 0.571. The summed E-state index contributed by atoms with van der Waals surface area (Å²) in [7, 11) is -3.44. The van der Waals surface area contributed by atoms with E-state index in [9.17, 15) is 13.2 Å². The van der Waals surface area contributed by atoms with Crippen molar-refractivity contribution >= 4 is 26.8 Å². The Bertz CT molecular complexity index is 957. The third-order valence-corrected chi connectivity index (χ3v) is 7.72. The van der Waals surface area contributed by atoms with E-state index in [-0.39, 0.29) is 12.0 Å². The smallest absolute Gasteiger partial charge is 0.243 e. The number of piperidine rings is 1. The minimum Gasteiger partial charge on any atom is -0.376 e. The lowest BCUT2D eigenvalue weighted by molar-refractivity contribution is -0.121. The van der Waals surface area contributed by atoms with Gasteiger partial charge in [0.25, 0.3) is 0 Å². The molecule has 7 nitrogen and oxygen atoms in total. The number of rotatable bonds is 7. The Hall–Kier alpha value is -1.90. The highest BCUT2D eigenvalue weighted by Gasteiger charge is 2.26. The van der Waals surface area contributed by atoms with Crippen LogP contribution in [0.1, 0.15) is 38.5 Å². The van der Waals surface area contributed by atoms with Crippen LogP contribution in [0.3, 0.4) is 0 Å². The first-order valence-electron chi connectivity index (χ1n) is 10.5. The van der Waals surface area contributed by atoms with Crippen LogP contribution in [0.15, 0.2) is 35.4 Å². The van der Waals surface area contributed by atoms with Crippen LogP contribution in [-0.4, -0.2) is 55.5 Å². The van der Waals surface area contributed by atoms with Gasteiger partial charge in [0.05, 0.1) is 11.0 Å². The lowest BCUT2D eigenvalue weighted by Gasteiger charge is -2.25. The number of hydrogen-bond acceptors (Lipinski definition) is 4. The molecule has 1 N–H and O–H groups in total. The highest BCUT2D eigenvalue weighted by molar-refractivity contribution is 7.89. The lowest BCUT2D eigenvalue weighted by atomic mass is 10.2. The van der Waals surface area contributed by atoms with Gasteiger partial charge in [0.15, 0.2) is 0 Å². The molecular weight excluding hydrogens is 390 g/mol. The van der Waals surface area contributed by atoms with Crippen LogP contribution >= 0.6 is 0 Å². The van der Waals surface area contributed by atoms with E-state index >= 15 is 0 Å². The Kier molecular flexibility index (Phi) is 6.22. The fourth-order valence-electron chi connectivity index (χ4n) is 4.13. The molecule has 1 atom stereocenters. The van der Waals surface area contributed by atoms with Gasteiger partial charge in [-0.05, 0) is 49.9 Å². The molecule has 3 heterocycles. The van der Waals surface area contributed by atoms with Gasteiger partial charge in [0, 0.05) is 56.3 Å². The van der Waals surface area contributed by atoms with Gasteiger partial charge in [-0.15, -0.1) is 0 Å². The van der Waals surface area contributed by atoms with Crippen LogP contribution in [0.2, 0.25) is 0 Å². The van der Waals surface area contributed by atoms with Crippen molar-refractivity contribution in [3.05, 3.63) is 30.5 Å². The van der Waals surface area contributed by atoms with Gasteiger partial charge < -0.3 is 14.6 Å². The molecule has 2 aliphatic rings. The first kappa shape index (κ1) is 20.4. The number of fused-ring (bicyclic) bond motifs is 1. The molecule has 0 spiro atoms. The summed E-state index contributed by atoms with van der Waals surface area (Å²) in [6.07, 6.45) is 7.44. The lowest BCUT2D eigenvalue weighted by Crippen LogP contribution is -2.35. The van der Waals surface area contributed by atoms with Crippen molar-refractivity contribution in [2.24, 2.45) is 0 Å². The highest BCUT2D eigenvalue weighted by atomic mass is 32.2. The average Bonchev–Trinajstić information content (AvgIpc) is 3.40. The summed E-state index contributed by atoms with van der Waals surface area (Å²) < 4.78 is 34.9. The second-order valence-corrected chi connectivity index (χ2v) is 9.82. The number of nitrogens with zero attached hydrogens (tertiary/aromatic N) is 2. The average molecular weight is 420 g/mol. The number of aromatic nitrogens is 1. The summed E-state index contributed by atoms with van der Waals surface area (Å²) in [5.41, 5.74) is 0.939. The molecule has 0 radical (unpaired) electrons. The van der Waals surface area contributed by atoms with E-state index in [1.54, 1.807) is 16.4 Å². The van der Waals surface area contributed by atoms with Gasteiger partial charge in [-0.25, -0.2) is 8.42 Å². The van der Waals surface area contributed by atoms with Crippen LogP contribution in [0.25, 0.3) is 10.9 Å². The summed E-state index contributed by atoms with van der Waals surface area (Å²) in [5, 5.41) is 3.82. The molecule has 8 heteroatoms. The number of amides is 1. The first-order chi connectivity index (χ1) is 14.0. The monoisotopic (exact) mass is 419 g/mol. The molecule has 0 saturated carbocycles. The number of carbonyl (C=O) groups is 1. The molecule has 158 valence electrons. The Morgan fingerprint density at radius 3 is 2.72 bits per heavy atom. The fourth-order valence-corrected chi connectivity index (χ4v) is 5.68. The van der Waals surface area contributed by atoms with Crippen LogP contribution in [0.5, 0.6) is 0 Å². The Labute approximate surface area is 172 Å². The summed E-state index contributed by atoms with van der Waals surface area (Å²) in [6.45, 7) is 3.11. The summed E-state index contributed by atoms with van der Waals surface area (Å²) >= 11 is 0. The van der Waals surface area contributed by atoms with Gasteiger partial charge in [-0.2, -0.15) is 4.31 Å². The second kappa shape index (κ2) is 8.85. The molecule has 2 aliphatic heterocycles. The van der Waals surface area contributed by atoms with E-state index < -0.39 is 10.0 Å².